The predicted octanol–water partition coefficient (Wildman–Crippen LogP) is 4.43. The van der Waals surface area contributed by atoms with Crippen LogP contribution in [-0.4, -0.2) is 63.1 Å². The molecule has 1 fully saturated rings. The monoisotopic (exact) mass is 461 g/mol. The fourth-order valence-corrected chi connectivity index (χ4v) is 4.76. The summed E-state index contributed by atoms with van der Waals surface area (Å²) in [6.07, 6.45) is 3.56. The van der Waals surface area contributed by atoms with Gasteiger partial charge in [0.15, 0.2) is 0 Å². The number of nitrogens with zero attached hydrogens (tertiary/aromatic N) is 4. The van der Waals surface area contributed by atoms with E-state index in [9.17, 15) is 0 Å². The van der Waals surface area contributed by atoms with Crippen molar-refractivity contribution in [3.05, 3.63) is 60.0 Å². The van der Waals surface area contributed by atoms with Crippen LogP contribution >= 0.6 is 11.6 Å². The summed E-state index contributed by atoms with van der Waals surface area (Å²) in [7, 11) is 0. The van der Waals surface area contributed by atoms with E-state index in [1.807, 2.05) is 42.6 Å². The average molecular weight is 462 g/mol. The molecule has 7 nitrogen and oxygen atoms in total. The van der Waals surface area contributed by atoms with Gasteiger partial charge in [-0.2, -0.15) is 0 Å². The zero-order valence-corrected chi connectivity index (χ0v) is 19.6. The highest BCUT2D eigenvalue weighted by Crippen LogP contribution is 2.30. The molecule has 3 aromatic heterocycles. The second kappa shape index (κ2) is 9.47. The van der Waals surface area contributed by atoms with Gasteiger partial charge in [0.05, 0.1) is 40.6 Å². The average Bonchev–Trinajstić information content (AvgIpc) is 3.28. The number of hydrogen-bond acceptors (Lipinski definition) is 6. The number of pyridine rings is 2. The van der Waals surface area contributed by atoms with Crippen LogP contribution in [0.4, 0.5) is 5.69 Å². The van der Waals surface area contributed by atoms with Gasteiger partial charge >= 0.3 is 0 Å². The molecule has 0 unspecified atom stereocenters. The SMILES string of the molecule is C[C@@H]1CN(CCNc2cnc3ccc(-c4nc[nH]c4-c4cccc(Cl)c4)nc3c2)C[C@H](C)N1. The van der Waals surface area contributed by atoms with E-state index in [0.29, 0.717) is 17.1 Å². The highest BCUT2D eigenvalue weighted by molar-refractivity contribution is 6.30. The van der Waals surface area contributed by atoms with Gasteiger partial charge in [-0.15, -0.1) is 0 Å². The molecular formula is C25H28ClN7. The van der Waals surface area contributed by atoms with Crippen LogP contribution in [0.15, 0.2) is 55.0 Å². The molecule has 33 heavy (non-hydrogen) atoms. The minimum Gasteiger partial charge on any atom is -0.382 e. The topological polar surface area (TPSA) is 81.8 Å². The van der Waals surface area contributed by atoms with Gasteiger partial charge in [0.25, 0.3) is 0 Å². The van der Waals surface area contributed by atoms with Crippen LogP contribution in [-0.2, 0) is 0 Å². The maximum Gasteiger partial charge on any atom is 0.114 e. The van der Waals surface area contributed by atoms with Gasteiger partial charge in [-0.25, -0.2) is 9.97 Å². The quantitative estimate of drug-likeness (QED) is 0.394. The Morgan fingerprint density at radius 3 is 2.73 bits per heavy atom. The summed E-state index contributed by atoms with van der Waals surface area (Å²) >= 11 is 6.19. The summed E-state index contributed by atoms with van der Waals surface area (Å²) in [4.78, 5) is 19.7. The van der Waals surface area contributed by atoms with E-state index in [1.165, 1.54) is 0 Å². The number of aromatic nitrogens is 4. The number of piperazine rings is 1. The third-order valence-electron chi connectivity index (χ3n) is 5.92. The molecule has 1 aliphatic rings. The number of H-pyrrole nitrogens is 1. The second-order valence-electron chi connectivity index (χ2n) is 8.75. The van der Waals surface area contributed by atoms with Crippen LogP contribution in [0, 0.1) is 0 Å². The van der Waals surface area contributed by atoms with Crippen LogP contribution < -0.4 is 10.6 Å². The fourth-order valence-electron chi connectivity index (χ4n) is 4.57. The molecule has 1 saturated heterocycles. The number of aromatic amines is 1. The van der Waals surface area contributed by atoms with Crippen LogP contribution in [0.25, 0.3) is 33.7 Å². The van der Waals surface area contributed by atoms with E-state index < -0.39 is 0 Å². The first-order valence-corrected chi connectivity index (χ1v) is 11.7. The van der Waals surface area contributed by atoms with E-state index in [2.05, 4.69) is 50.4 Å². The van der Waals surface area contributed by atoms with Crippen molar-refractivity contribution < 1.29 is 0 Å². The molecule has 8 heteroatoms. The second-order valence-corrected chi connectivity index (χ2v) is 9.19. The molecule has 5 rings (SSSR count). The number of fused-ring (bicyclic) bond motifs is 1. The van der Waals surface area contributed by atoms with Gasteiger partial charge in [0.1, 0.15) is 5.69 Å². The minimum atomic E-state index is 0.526. The molecule has 1 aliphatic heterocycles. The largest absolute Gasteiger partial charge is 0.382 e. The normalized spacial score (nSPS) is 19.1. The maximum absolute atomic E-state index is 6.19. The summed E-state index contributed by atoms with van der Waals surface area (Å²) in [6.45, 7) is 8.49. The lowest BCUT2D eigenvalue weighted by Crippen LogP contribution is -2.54. The van der Waals surface area contributed by atoms with Crippen molar-refractivity contribution in [2.45, 2.75) is 25.9 Å². The molecular weight excluding hydrogens is 434 g/mol. The van der Waals surface area contributed by atoms with E-state index in [1.54, 1.807) is 6.33 Å². The Balaban J connectivity index is 1.33. The standard InChI is InChI=1S/C25H28ClN7/c1-16-13-33(14-17(2)31-16)9-8-27-20-11-23-21(28-12-20)6-7-22(32-23)25-24(29-15-30-25)18-4-3-5-19(26)10-18/h3-7,10-12,15-17,27,31H,8-9,13-14H2,1-2H3,(H,29,30)/t16-,17+. The molecule has 4 heterocycles. The Morgan fingerprint density at radius 2 is 1.91 bits per heavy atom. The molecule has 0 saturated carbocycles. The summed E-state index contributed by atoms with van der Waals surface area (Å²) in [5.41, 5.74) is 6.12. The van der Waals surface area contributed by atoms with Crippen molar-refractivity contribution in [2.75, 3.05) is 31.5 Å². The Kier molecular flexibility index (Phi) is 6.26. The Morgan fingerprint density at radius 1 is 1.06 bits per heavy atom. The molecule has 0 amide bonds. The Hall–Kier alpha value is -3.00. The molecule has 170 valence electrons. The van der Waals surface area contributed by atoms with Crippen LogP contribution in [0.2, 0.25) is 5.02 Å². The molecule has 4 aromatic rings. The van der Waals surface area contributed by atoms with Crippen molar-refractivity contribution in [1.82, 2.24) is 30.2 Å². The van der Waals surface area contributed by atoms with E-state index in [4.69, 9.17) is 16.6 Å². The number of halogens is 1. The number of imidazole rings is 1. The molecule has 0 radical (unpaired) electrons. The zero-order valence-electron chi connectivity index (χ0n) is 18.8. The van der Waals surface area contributed by atoms with Gasteiger partial charge < -0.3 is 15.6 Å². The molecule has 0 aliphatic carbocycles. The van der Waals surface area contributed by atoms with Crippen molar-refractivity contribution in [3.63, 3.8) is 0 Å². The van der Waals surface area contributed by atoms with Crippen molar-refractivity contribution in [2.24, 2.45) is 0 Å². The first kappa shape index (κ1) is 21.8. The van der Waals surface area contributed by atoms with Crippen molar-refractivity contribution in [1.29, 1.82) is 0 Å². The summed E-state index contributed by atoms with van der Waals surface area (Å²) in [5, 5.41) is 7.77. The number of nitrogens with one attached hydrogen (secondary N) is 3. The first-order valence-electron chi connectivity index (χ1n) is 11.3. The van der Waals surface area contributed by atoms with Crippen LogP contribution in [0.5, 0.6) is 0 Å². The Bertz CT molecular complexity index is 1240. The fraction of sp³-hybridized carbons (Fsp3) is 0.320. The van der Waals surface area contributed by atoms with Gasteiger partial charge in [-0.3, -0.25) is 9.88 Å². The lowest BCUT2D eigenvalue weighted by molar-refractivity contribution is 0.179. The molecule has 0 bridgehead atoms. The van der Waals surface area contributed by atoms with E-state index in [0.717, 1.165) is 65.5 Å². The third kappa shape index (κ3) is 5.00. The van der Waals surface area contributed by atoms with E-state index in [-0.39, 0.29) is 0 Å². The van der Waals surface area contributed by atoms with E-state index >= 15 is 0 Å². The van der Waals surface area contributed by atoms with Crippen LogP contribution in [0.1, 0.15) is 13.8 Å². The Labute approximate surface area is 198 Å². The number of benzene rings is 1. The number of hydrogen-bond donors (Lipinski definition) is 3. The third-order valence-corrected chi connectivity index (χ3v) is 6.16. The lowest BCUT2D eigenvalue weighted by atomic mass is 10.1. The first-order chi connectivity index (χ1) is 16.0. The van der Waals surface area contributed by atoms with Crippen molar-refractivity contribution in [3.8, 4) is 22.6 Å². The van der Waals surface area contributed by atoms with Crippen molar-refractivity contribution >= 4 is 28.3 Å². The minimum absolute atomic E-state index is 0.526. The summed E-state index contributed by atoms with van der Waals surface area (Å²) in [6, 6.07) is 14.8. The summed E-state index contributed by atoms with van der Waals surface area (Å²) in [5.74, 6) is 0. The molecule has 1 aromatic carbocycles. The molecule has 2 atom stereocenters. The molecule has 0 spiro atoms. The number of anilines is 1. The van der Waals surface area contributed by atoms with Gasteiger partial charge in [-0.1, -0.05) is 23.7 Å². The molecule has 3 N–H and O–H groups in total. The van der Waals surface area contributed by atoms with Gasteiger partial charge in [-0.05, 0) is 44.2 Å². The summed E-state index contributed by atoms with van der Waals surface area (Å²) < 4.78 is 0. The smallest absolute Gasteiger partial charge is 0.114 e. The lowest BCUT2D eigenvalue weighted by Gasteiger charge is -2.36. The number of rotatable bonds is 6. The highest BCUT2D eigenvalue weighted by atomic mass is 35.5. The zero-order chi connectivity index (χ0) is 22.8. The maximum atomic E-state index is 6.19. The van der Waals surface area contributed by atoms with Crippen LogP contribution in [0.3, 0.4) is 0 Å². The van der Waals surface area contributed by atoms with Gasteiger partial charge in [0, 0.05) is 48.8 Å². The van der Waals surface area contributed by atoms with Gasteiger partial charge in [0.2, 0.25) is 0 Å². The predicted molar refractivity (Wildman–Crippen MR) is 135 cm³/mol. The highest BCUT2D eigenvalue weighted by Gasteiger charge is 2.20.